The molecule has 3 amide bonds. The summed E-state index contributed by atoms with van der Waals surface area (Å²) in [6, 6.07) is 17.0. The van der Waals surface area contributed by atoms with Crippen molar-refractivity contribution in [3.63, 3.8) is 0 Å². The highest BCUT2D eigenvalue weighted by atomic mass is 35.5. The summed E-state index contributed by atoms with van der Waals surface area (Å²) in [5.41, 5.74) is 0.985. The molecule has 3 N–H and O–H groups in total. The monoisotopic (exact) mass is 501 g/mol. The fraction of sp³-hybridized carbons (Fsp3) is 0. The van der Waals surface area contributed by atoms with E-state index < -0.39 is 17.7 Å². The molecule has 1 aliphatic rings. The Kier molecular flexibility index (Phi) is 6.29. The maximum absolute atomic E-state index is 12.9. The molecule has 4 rings (SSSR count). The second kappa shape index (κ2) is 9.15. The number of rotatable bonds is 5. The van der Waals surface area contributed by atoms with Crippen LogP contribution in [0.1, 0.15) is 10.4 Å². The van der Waals surface area contributed by atoms with E-state index in [1.807, 2.05) is 0 Å². The van der Waals surface area contributed by atoms with Crippen molar-refractivity contribution >= 4 is 69.6 Å². The number of hydrogen-bond acceptors (Lipinski definition) is 5. The first-order chi connectivity index (χ1) is 15.8. The lowest BCUT2D eigenvalue weighted by atomic mass is 10.2. The van der Waals surface area contributed by atoms with Crippen molar-refractivity contribution in [2.75, 3.05) is 15.5 Å². The minimum Gasteiger partial charge on any atom is -0.506 e. The topological polar surface area (TPSA) is 98.7 Å². The summed E-state index contributed by atoms with van der Waals surface area (Å²) < 4.78 is 0. The quantitative estimate of drug-likeness (QED) is 0.321. The molecule has 0 saturated carbocycles. The van der Waals surface area contributed by atoms with Crippen molar-refractivity contribution in [2.24, 2.45) is 0 Å². The minimum atomic E-state index is -0.744. The van der Waals surface area contributed by atoms with Crippen LogP contribution in [0.5, 0.6) is 5.75 Å². The van der Waals surface area contributed by atoms with Gasteiger partial charge in [-0.15, -0.1) is 0 Å². The number of aromatic hydroxyl groups is 1. The third-order valence-electron chi connectivity index (χ3n) is 4.77. The van der Waals surface area contributed by atoms with Crippen molar-refractivity contribution in [3.8, 4) is 5.75 Å². The molecule has 0 unspecified atom stereocenters. The van der Waals surface area contributed by atoms with Crippen molar-refractivity contribution in [3.05, 3.63) is 93.1 Å². The second-order valence-electron chi connectivity index (χ2n) is 6.88. The van der Waals surface area contributed by atoms with Gasteiger partial charge in [-0.1, -0.05) is 53.0 Å². The number of carbonyl (C=O) groups is 3. The smallest absolute Gasteiger partial charge is 0.283 e. The van der Waals surface area contributed by atoms with E-state index in [0.29, 0.717) is 11.3 Å². The van der Waals surface area contributed by atoms with Crippen LogP contribution in [0.3, 0.4) is 0 Å². The summed E-state index contributed by atoms with van der Waals surface area (Å²) in [4.78, 5) is 38.8. The van der Waals surface area contributed by atoms with Crippen LogP contribution in [0.2, 0.25) is 10.0 Å². The Morgan fingerprint density at radius 3 is 2.24 bits per heavy atom. The molecule has 0 atom stereocenters. The minimum absolute atomic E-state index is 0.0476. The molecule has 10 heteroatoms. The predicted octanol–water partition coefficient (Wildman–Crippen LogP) is 5.39. The Labute approximate surface area is 203 Å². The van der Waals surface area contributed by atoms with Gasteiger partial charge >= 0.3 is 0 Å². The van der Waals surface area contributed by atoms with Gasteiger partial charge in [0, 0.05) is 11.3 Å². The summed E-state index contributed by atoms with van der Waals surface area (Å²) in [7, 11) is 0. The van der Waals surface area contributed by atoms with E-state index >= 15 is 0 Å². The van der Waals surface area contributed by atoms with E-state index in [0.717, 1.165) is 4.90 Å². The van der Waals surface area contributed by atoms with Gasteiger partial charge < -0.3 is 15.7 Å². The summed E-state index contributed by atoms with van der Waals surface area (Å²) in [5, 5.41) is 15.1. The normalized spacial score (nSPS) is 13.5. The lowest BCUT2D eigenvalue weighted by molar-refractivity contribution is -0.120. The molecular weight excluding hydrogens is 489 g/mol. The van der Waals surface area contributed by atoms with E-state index in [1.54, 1.807) is 36.4 Å². The molecule has 0 aliphatic carbocycles. The number of anilines is 3. The third-order valence-corrected chi connectivity index (χ3v) is 5.93. The molecule has 1 aliphatic heterocycles. The lowest BCUT2D eigenvalue weighted by Gasteiger charge is -2.17. The first-order valence-electron chi connectivity index (χ1n) is 9.47. The van der Waals surface area contributed by atoms with Gasteiger partial charge in [-0.3, -0.25) is 14.4 Å². The predicted molar refractivity (Wildman–Crippen MR) is 128 cm³/mol. The Bertz CT molecular complexity index is 1320. The molecule has 166 valence electrons. The molecule has 0 radical (unpaired) electrons. The zero-order chi connectivity index (χ0) is 23.7. The number of benzene rings is 3. The van der Waals surface area contributed by atoms with Crippen LogP contribution in [0.25, 0.3) is 0 Å². The first-order valence-corrected chi connectivity index (χ1v) is 10.6. The van der Waals surface area contributed by atoms with Crippen LogP contribution in [0.15, 0.2) is 77.5 Å². The standard InChI is InChI=1S/C23H14Cl3N3O4/c24-14-4-3-6-16(18(14)25)29-22(32)19(26)20(23(29)33)27-13-10-8-12(9-11-13)21(31)28-15-5-1-2-7-17(15)30/h1-11,27,30H,(H,28,31). The third kappa shape index (κ3) is 4.39. The van der Waals surface area contributed by atoms with Crippen LogP contribution in [0.4, 0.5) is 17.1 Å². The van der Waals surface area contributed by atoms with E-state index in [4.69, 9.17) is 34.8 Å². The Hall–Kier alpha value is -3.52. The zero-order valence-corrected chi connectivity index (χ0v) is 18.9. The molecule has 0 fully saturated rings. The number of nitrogens with zero attached hydrogens (tertiary/aromatic N) is 1. The molecule has 0 saturated heterocycles. The van der Waals surface area contributed by atoms with Gasteiger partial charge in [0.1, 0.15) is 16.5 Å². The highest BCUT2D eigenvalue weighted by Gasteiger charge is 2.40. The fourth-order valence-electron chi connectivity index (χ4n) is 3.12. The van der Waals surface area contributed by atoms with Gasteiger partial charge in [-0.2, -0.15) is 0 Å². The van der Waals surface area contributed by atoms with Crippen molar-refractivity contribution < 1.29 is 19.5 Å². The van der Waals surface area contributed by atoms with E-state index in [2.05, 4.69) is 10.6 Å². The number of hydrogen-bond donors (Lipinski definition) is 3. The maximum Gasteiger partial charge on any atom is 0.283 e. The second-order valence-corrected chi connectivity index (χ2v) is 8.04. The summed E-state index contributed by atoms with van der Waals surface area (Å²) in [6.07, 6.45) is 0. The average molecular weight is 503 g/mol. The molecular formula is C23H14Cl3N3O4. The van der Waals surface area contributed by atoms with Crippen LogP contribution >= 0.6 is 34.8 Å². The van der Waals surface area contributed by atoms with Gasteiger partial charge in [-0.05, 0) is 48.5 Å². The number of phenolic OH excluding ortho intramolecular Hbond substituents is 1. The van der Waals surface area contributed by atoms with Gasteiger partial charge in [0.15, 0.2) is 0 Å². The molecule has 7 nitrogen and oxygen atoms in total. The zero-order valence-electron chi connectivity index (χ0n) is 16.6. The molecule has 0 spiro atoms. The average Bonchev–Trinajstić information content (AvgIpc) is 3.01. The van der Waals surface area contributed by atoms with Crippen LogP contribution < -0.4 is 15.5 Å². The molecule has 0 aromatic heterocycles. The van der Waals surface area contributed by atoms with Crippen LogP contribution in [0, 0.1) is 0 Å². The SMILES string of the molecule is O=C(Nc1ccccc1O)c1ccc(NC2=C(Cl)C(=O)N(c3cccc(Cl)c3Cl)C2=O)cc1. The molecule has 33 heavy (non-hydrogen) atoms. The van der Waals surface area contributed by atoms with Gasteiger partial charge in [0.25, 0.3) is 17.7 Å². The number of phenols is 1. The van der Waals surface area contributed by atoms with Crippen LogP contribution in [-0.4, -0.2) is 22.8 Å². The maximum atomic E-state index is 12.9. The number of para-hydroxylation sites is 2. The number of halogens is 3. The van der Waals surface area contributed by atoms with Crippen LogP contribution in [-0.2, 0) is 9.59 Å². The van der Waals surface area contributed by atoms with Gasteiger partial charge in [0.2, 0.25) is 0 Å². The van der Waals surface area contributed by atoms with E-state index in [9.17, 15) is 19.5 Å². The number of amides is 3. The first kappa shape index (κ1) is 22.7. The Morgan fingerprint density at radius 2 is 1.55 bits per heavy atom. The Morgan fingerprint density at radius 1 is 0.848 bits per heavy atom. The summed E-state index contributed by atoms with van der Waals surface area (Å²) in [5.74, 6) is -1.93. The molecule has 1 heterocycles. The van der Waals surface area contributed by atoms with Crippen molar-refractivity contribution in [2.45, 2.75) is 0 Å². The summed E-state index contributed by atoms with van der Waals surface area (Å²) in [6.45, 7) is 0. The molecule has 3 aromatic carbocycles. The number of nitrogens with one attached hydrogen (secondary N) is 2. The number of carbonyl (C=O) groups excluding carboxylic acids is 3. The van der Waals surface area contributed by atoms with E-state index in [1.165, 1.54) is 30.3 Å². The Balaban J connectivity index is 1.51. The van der Waals surface area contributed by atoms with Gasteiger partial charge in [0.05, 0.1) is 21.4 Å². The van der Waals surface area contributed by atoms with Gasteiger partial charge in [-0.25, -0.2) is 4.90 Å². The molecule has 3 aromatic rings. The lowest BCUT2D eigenvalue weighted by Crippen LogP contribution is -2.32. The summed E-state index contributed by atoms with van der Waals surface area (Å²) >= 11 is 18.3. The fourth-order valence-corrected chi connectivity index (χ4v) is 3.71. The highest BCUT2D eigenvalue weighted by Crippen LogP contribution is 2.37. The highest BCUT2D eigenvalue weighted by molar-refractivity contribution is 6.54. The van der Waals surface area contributed by atoms with Crippen molar-refractivity contribution in [1.29, 1.82) is 0 Å². The number of imide groups is 1. The molecule has 0 bridgehead atoms. The van der Waals surface area contributed by atoms with E-state index in [-0.39, 0.29) is 37.9 Å². The van der Waals surface area contributed by atoms with Crippen molar-refractivity contribution in [1.82, 2.24) is 0 Å². The largest absolute Gasteiger partial charge is 0.506 e.